The van der Waals surface area contributed by atoms with Crippen LogP contribution >= 0.6 is 0 Å². The van der Waals surface area contributed by atoms with Gasteiger partial charge in [-0.1, -0.05) is 47.1 Å². The van der Waals surface area contributed by atoms with Crippen molar-refractivity contribution in [3.63, 3.8) is 0 Å². The molecule has 0 radical (unpaired) electrons. The monoisotopic (exact) mass is 499 g/mol. The highest BCUT2D eigenvalue weighted by atomic mass is 16.5. The first-order valence-electron chi connectivity index (χ1n) is 12.4. The fraction of sp³-hybridized carbons (Fsp3) is 0.286. The Morgan fingerprint density at radius 2 is 1.81 bits per heavy atom. The minimum absolute atomic E-state index is 0.0783. The van der Waals surface area contributed by atoms with Gasteiger partial charge in [0.25, 0.3) is 5.91 Å². The number of para-hydroxylation sites is 1. The van der Waals surface area contributed by atoms with Gasteiger partial charge in [0.05, 0.1) is 30.6 Å². The van der Waals surface area contributed by atoms with E-state index in [1.54, 1.807) is 42.7 Å². The summed E-state index contributed by atoms with van der Waals surface area (Å²) < 4.78 is 10.7. The van der Waals surface area contributed by atoms with Gasteiger partial charge in [-0.15, -0.1) is 0 Å². The number of anilines is 1. The molecule has 0 aliphatic carbocycles. The lowest BCUT2D eigenvalue weighted by atomic mass is 9.95. The van der Waals surface area contributed by atoms with Gasteiger partial charge in [0, 0.05) is 11.5 Å². The lowest BCUT2D eigenvalue weighted by molar-refractivity contribution is -0.121. The van der Waals surface area contributed by atoms with Gasteiger partial charge in [0.2, 0.25) is 17.6 Å². The number of amides is 2. The fourth-order valence-electron chi connectivity index (χ4n) is 4.38. The summed E-state index contributed by atoms with van der Waals surface area (Å²) in [4.78, 5) is 32.5. The van der Waals surface area contributed by atoms with Crippen molar-refractivity contribution in [2.45, 2.75) is 32.9 Å². The summed E-state index contributed by atoms with van der Waals surface area (Å²) in [6.45, 7) is 4.34. The quantitative estimate of drug-likeness (QED) is 0.369. The predicted octanol–water partition coefficient (Wildman–Crippen LogP) is 4.42. The highest BCUT2D eigenvalue weighted by Gasteiger charge is 2.27. The molecule has 2 aromatic heterocycles. The van der Waals surface area contributed by atoms with Crippen molar-refractivity contribution < 1.29 is 18.5 Å². The molecule has 190 valence electrons. The number of aryl methyl sites for hydroxylation is 1. The number of hydrogen-bond acceptors (Lipinski definition) is 7. The molecule has 9 nitrogen and oxygen atoms in total. The number of aromatic nitrogens is 2. The maximum atomic E-state index is 13.0. The summed E-state index contributed by atoms with van der Waals surface area (Å²) in [6, 6.07) is 18.6. The first-order valence-corrected chi connectivity index (χ1v) is 12.4. The minimum atomic E-state index is -0.272. The van der Waals surface area contributed by atoms with Gasteiger partial charge in [-0.05, 0) is 57.1 Å². The first-order chi connectivity index (χ1) is 18.0. The molecule has 0 atom stereocenters. The topological polar surface area (TPSA) is 114 Å². The van der Waals surface area contributed by atoms with Crippen molar-refractivity contribution in [2.24, 2.45) is 5.92 Å². The zero-order chi connectivity index (χ0) is 25.6. The molecule has 1 aliphatic rings. The van der Waals surface area contributed by atoms with Gasteiger partial charge in [0.15, 0.2) is 0 Å². The van der Waals surface area contributed by atoms with Crippen LogP contribution in [0.2, 0.25) is 0 Å². The number of hydrogen-bond donors (Lipinski definition) is 2. The zero-order valence-corrected chi connectivity index (χ0v) is 20.6. The molecule has 1 saturated heterocycles. The highest BCUT2D eigenvalue weighted by molar-refractivity contribution is 6.04. The van der Waals surface area contributed by atoms with E-state index in [-0.39, 0.29) is 24.3 Å². The van der Waals surface area contributed by atoms with Crippen LogP contribution in [0.25, 0.3) is 11.4 Å². The van der Waals surface area contributed by atoms with Crippen molar-refractivity contribution in [1.82, 2.24) is 20.4 Å². The lowest BCUT2D eigenvalue weighted by Gasteiger charge is -2.30. The Morgan fingerprint density at radius 3 is 2.57 bits per heavy atom. The Bertz CT molecular complexity index is 1340. The second kappa shape index (κ2) is 11.2. The molecule has 5 rings (SSSR count). The lowest BCUT2D eigenvalue weighted by Crippen LogP contribution is -2.38. The van der Waals surface area contributed by atoms with Crippen LogP contribution in [-0.2, 0) is 17.9 Å². The molecular weight excluding hydrogens is 470 g/mol. The van der Waals surface area contributed by atoms with Gasteiger partial charge in [-0.3, -0.25) is 14.5 Å². The zero-order valence-electron chi connectivity index (χ0n) is 20.6. The average Bonchev–Trinajstić information content (AvgIpc) is 3.61. The van der Waals surface area contributed by atoms with Crippen LogP contribution in [0.15, 0.2) is 75.9 Å². The van der Waals surface area contributed by atoms with E-state index < -0.39 is 0 Å². The van der Waals surface area contributed by atoms with Gasteiger partial charge >= 0.3 is 0 Å². The van der Waals surface area contributed by atoms with E-state index in [1.807, 2.05) is 31.2 Å². The molecule has 4 aromatic rings. The molecule has 9 heteroatoms. The summed E-state index contributed by atoms with van der Waals surface area (Å²) in [7, 11) is 0. The van der Waals surface area contributed by atoms with Crippen molar-refractivity contribution in [2.75, 3.05) is 18.4 Å². The Morgan fingerprint density at radius 1 is 1.03 bits per heavy atom. The Hall–Kier alpha value is -4.24. The molecule has 2 N–H and O–H groups in total. The van der Waals surface area contributed by atoms with E-state index in [0.717, 1.165) is 18.7 Å². The number of nitrogens with one attached hydrogen (secondary N) is 2. The smallest absolute Gasteiger partial charge is 0.253 e. The van der Waals surface area contributed by atoms with Gasteiger partial charge in [-0.2, -0.15) is 4.98 Å². The van der Waals surface area contributed by atoms with Gasteiger partial charge in [-0.25, -0.2) is 0 Å². The molecule has 0 bridgehead atoms. The summed E-state index contributed by atoms with van der Waals surface area (Å²) in [6.07, 6.45) is 2.97. The Balaban J connectivity index is 1.13. The number of benzene rings is 2. The van der Waals surface area contributed by atoms with E-state index in [2.05, 4.69) is 25.7 Å². The molecule has 2 aromatic carbocycles. The van der Waals surface area contributed by atoms with Crippen LogP contribution in [-0.4, -0.2) is 39.9 Å². The molecule has 37 heavy (non-hydrogen) atoms. The fourth-order valence-corrected chi connectivity index (χ4v) is 4.38. The van der Waals surface area contributed by atoms with Gasteiger partial charge < -0.3 is 19.6 Å². The van der Waals surface area contributed by atoms with Crippen molar-refractivity contribution in [3.8, 4) is 11.4 Å². The average molecular weight is 500 g/mol. The first kappa shape index (κ1) is 24.5. The second-order valence-electron chi connectivity index (χ2n) is 9.23. The van der Waals surface area contributed by atoms with Crippen LogP contribution in [0.4, 0.5) is 5.69 Å². The molecule has 2 amide bonds. The predicted molar refractivity (Wildman–Crippen MR) is 137 cm³/mol. The largest absolute Gasteiger partial charge is 0.467 e. The number of rotatable bonds is 8. The molecule has 0 spiro atoms. The van der Waals surface area contributed by atoms with Gasteiger partial charge in [0.1, 0.15) is 5.76 Å². The molecule has 0 saturated carbocycles. The Labute approximate surface area is 214 Å². The Kier molecular flexibility index (Phi) is 7.41. The summed E-state index contributed by atoms with van der Waals surface area (Å²) in [5.41, 5.74) is 3.02. The summed E-state index contributed by atoms with van der Waals surface area (Å²) in [5, 5.41) is 9.90. The van der Waals surface area contributed by atoms with Crippen molar-refractivity contribution in [1.29, 1.82) is 0 Å². The maximum Gasteiger partial charge on any atom is 0.253 e. The van der Waals surface area contributed by atoms with E-state index >= 15 is 0 Å². The highest BCUT2D eigenvalue weighted by Crippen LogP contribution is 2.23. The minimum Gasteiger partial charge on any atom is -0.467 e. The molecular formula is C28H29N5O4. The molecule has 3 heterocycles. The van der Waals surface area contributed by atoms with Crippen LogP contribution < -0.4 is 10.6 Å². The number of carbonyl (C=O) groups excluding carboxylic acids is 2. The van der Waals surface area contributed by atoms with Crippen molar-refractivity contribution >= 4 is 17.5 Å². The van der Waals surface area contributed by atoms with Crippen LogP contribution in [0.5, 0.6) is 0 Å². The number of nitrogens with zero attached hydrogens (tertiary/aromatic N) is 3. The van der Waals surface area contributed by atoms with E-state index in [9.17, 15) is 9.59 Å². The SMILES string of the molecule is Cc1ccc(-c2noc(CN3CCC(C(=O)Nc4ccccc4C(=O)NCc4ccco4)CC3)n2)cc1. The standard InChI is InChI=1S/C28H29N5O4/c1-19-8-10-20(11-9-19)26-31-25(37-32-26)18-33-14-12-21(13-15-33)27(34)30-24-7-3-2-6-23(24)28(35)29-17-22-5-4-16-36-22/h2-11,16,21H,12-15,17-18H2,1H3,(H,29,35)(H,30,34). The summed E-state index contributed by atoms with van der Waals surface area (Å²) >= 11 is 0. The van der Waals surface area contributed by atoms with Crippen LogP contribution in [0.3, 0.4) is 0 Å². The van der Waals surface area contributed by atoms with Crippen LogP contribution in [0, 0.1) is 12.8 Å². The number of furan rings is 1. The number of carbonyl (C=O) groups is 2. The van der Waals surface area contributed by atoms with Crippen molar-refractivity contribution in [3.05, 3.63) is 89.7 Å². The number of piperidine rings is 1. The van der Waals surface area contributed by atoms with E-state index in [0.29, 0.717) is 48.1 Å². The third-order valence-corrected chi connectivity index (χ3v) is 6.53. The van der Waals surface area contributed by atoms with E-state index in [4.69, 9.17) is 8.94 Å². The number of likely N-dealkylation sites (tertiary alicyclic amines) is 1. The molecule has 1 aliphatic heterocycles. The third-order valence-electron chi connectivity index (χ3n) is 6.53. The maximum absolute atomic E-state index is 13.0. The van der Waals surface area contributed by atoms with E-state index in [1.165, 1.54) is 5.56 Å². The summed E-state index contributed by atoms with van der Waals surface area (Å²) in [5.74, 6) is 1.32. The van der Waals surface area contributed by atoms with Crippen LogP contribution in [0.1, 0.15) is 40.4 Å². The molecule has 0 unspecified atom stereocenters. The molecule has 1 fully saturated rings. The third kappa shape index (κ3) is 6.13. The normalized spacial score (nSPS) is 14.4. The second-order valence-corrected chi connectivity index (χ2v) is 9.23.